The van der Waals surface area contributed by atoms with E-state index in [1.165, 1.54) is 19.3 Å². The van der Waals surface area contributed by atoms with Gasteiger partial charge in [0.05, 0.1) is 5.25 Å². The maximum Gasteiger partial charge on any atom is 0.152 e. The van der Waals surface area contributed by atoms with E-state index in [0.717, 1.165) is 12.3 Å². The molecule has 0 aromatic heterocycles. The molecule has 0 radical (unpaired) electrons. The SMILES string of the molecule is CC(C)(C)N1CC(CC(C)(C)N2CC(S(C)(=O)=O)C2)C1. The van der Waals surface area contributed by atoms with Gasteiger partial charge in [-0.3, -0.25) is 9.80 Å². The molecule has 5 heteroatoms. The average molecular weight is 302 g/mol. The minimum absolute atomic E-state index is 0.121. The van der Waals surface area contributed by atoms with E-state index in [1.54, 1.807) is 0 Å². The van der Waals surface area contributed by atoms with Crippen LogP contribution in [-0.2, 0) is 9.84 Å². The fourth-order valence-corrected chi connectivity index (χ4v) is 4.19. The Balaban J connectivity index is 1.80. The molecule has 0 aromatic rings. The summed E-state index contributed by atoms with van der Waals surface area (Å²) in [6.07, 6.45) is 2.52. The summed E-state index contributed by atoms with van der Waals surface area (Å²) in [6.45, 7) is 15.1. The Kier molecular flexibility index (Phi) is 4.03. The maximum absolute atomic E-state index is 11.5. The van der Waals surface area contributed by atoms with Gasteiger partial charge in [0.2, 0.25) is 0 Å². The van der Waals surface area contributed by atoms with Crippen LogP contribution in [0.5, 0.6) is 0 Å². The lowest BCUT2D eigenvalue weighted by atomic mass is 9.81. The van der Waals surface area contributed by atoms with Crippen LogP contribution in [0.1, 0.15) is 41.0 Å². The molecule has 0 bridgehead atoms. The Morgan fingerprint density at radius 2 is 1.45 bits per heavy atom. The van der Waals surface area contributed by atoms with E-state index in [-0.39, 0.29) is 16.3 Å². The summed E-state index contributed by atoms with van der Waals surface area (Å²) in [6, 6.07) is 0. The largest absolute Gasteiger partial charge is 0.298 e. The molecule has 118 valence electrons. The van der Waals surface area contributed by atoms with Crippen molar-refractivity contribution < 1.29 is 8.42 Å². The highest BCUT2D eigenvalue weighted by Crippen LogP contribution is 2.35. The molecule has 0 N–H and O–H groups in total. The van der Waals surface area contributed by atoms with Crippen molar-refractivity contribution in [2.45, 2.75) is 57.4 Å². The molecular formula is C15H30N2O2S. The summed E-state index contributed by atoms with van der Waals surface area (Å²) in [5, 5.41) is -0.144. The van der Waals surface area contributed by atoms with Crippen molar-refractivity contribution in [3.63, 3.8) is 0 Å². The predicted octanol–water partition coefficient (Wildman–Crippen LogP) is 1.61. The molecule has 0 aromatic carbocycles. The molecule has 2 rings (SSSR count). The first-order valence-corrected chi connectivity index (χ1v) is 9.54. The van der Waals surface area contributed by atoms with Crippen molar-refractivity contribution in [2.24, 2.45) is 5.92 Å². The number of sulfone groups is 1. The van der Waals surface area contributed by atoms with Crippen molar-refractivity contribution in [2.75, 3.05) is 32.4 Å². The molecule has 2 fully saturated rings. The monoisotopic (exact) mass is 302 g/mol. The summed E-state index contributed by atoms with van der Waals surface area (Å²) in [7, 11) is -2.86. The first-order valence-electron chi connectivity index (χ1n) is 7.58. The third-order valence-corrected chi connectivity index (χ3v) is 6.51. The summed E-state index contributed by atoms with van der Waals surface area (Å²) >= 11 is 0. The van der Waals surface area contributed by atoms with Gasteiger partial charge < -0.3 is 0 Å². The van der Waals surface area contributed by atoms with E-state index in [4.69, 9.17) is 0 Å². The van der Waals surface area contributed by atoms with Crippen molar-refractivity contribution in [1.82, 2.24) is 9.80 Å². The minimum atomic E-state index is -2.86. The van der Waals surface area contributed by atoms with Crippen LogP contribution in [-0.4, -0.2) is 67.0 Å². The van der Waals surface area contributed by atoms with E-state index >= 15 is 0 Å². The second-order valence-corrected chi connectivity index (χ2v) is 10.6. The Bertz CT molecular complexity index is 453. The molecule has 2 heterocycles. The molecule has 2 aliphatic rings. The van der Waals surface area contributed by atoms with Crippen LogP contribution in [0.2, 0.25) is 0 Å². The third kappa shape index (κ3) is 3.37. The van der Waals surface area contributed by atoms with Gasteiger partial charge in [-0.2, -0.15) is 0 Å². The molecule has 0 spiro atoms. The van der Waals surface area contributed by atoms with Crippen LogP contribution >= 0.6 is 0 Å². The van der Waals surface area contributed by atoms with E-state index in [1.807, 2.05) is 0 Å². The number of likely N-dealkylation sites (tertiary alicyclic amines) is 2. The van der Waals surface area contributed by atoms with E-state index < -0.39 is 9.84 Å². The Morgan fingerprint density at radius 3 is 1.85 bits per heavy atom. The van der Waals surface area contributed by atoms with Gasteiger partial charge in [-0.15, -0.1) is 0 Å². The Morgan fingerprint density at radius 1 is 0.950 bits per heavy atom. The van der Waals surface area contributed by atoms with Crippen molar-refractivity contribution >= 4 is 9.84 Å². The average Bonchev–Trinajstić information content (AvgIpc) is 2.02. The highest BCUT2D eigenvalue weighted by molar-refractivity contribution is 7.91. The first kappa shape index (κ1) is 16.2. The van der Waals surface area contributed by atoms with Crippen LogP contribution in [0, 0.1) is 5.92 Å². The van der Waals surface area contributed by atoms with Gasteiger partial charge in [-0.1, -0.05) is 0 Å². The van der Waals surface area contributed by atoms with Crippen LogP contribution in [0.4, 0.5) is 0 Å². The van der Waals surface area contributed by atoms with Crippen molar-refractivity contribution in [3.8, 4) is 0 Å². The van der Waals surface area contributed by atoms with Gasteiger partial charge in [-0.05, 0) is 47.0 Å². The highest BCUT2D eigenvalue weighted by Gasteiger charge is 2.44. The standard InChI is InChI=1S/C15H30N2O2S/c1-14(2,3)16-8-12(9-16)7-15(4,5)17-10-13(11-17)20(6,18)19/h12-13H,7-11H2,1-6H3. The van der Waals surface area contributed by atoms with Crippen molar-refractivity contribution in [3.05, 3.63) is 0 Å². The van der Waals surface area contributed by atoms with E-state index in [2.05, 4.69) is 44.4 Å². The van der Waals surface area contributed by atoms with Gasteiger partial charge in [0.15, 0.2) is 9.84 Å². The molecule has 0 atom stereocenters. The zero-order valence-corrected chi connectivity index (χ0v) is 14.6. The Labute approximate surface area is 124 Å². The Hall–Kier alpha value is -0.130. The maximum atomic E-state index is 11.5. The second kappa shape index (κ2) is 4.96. The summed E-state index contributed by atoms with van der Waals surface area (Å²) in [5.74, 6) is 0.751. The smallest absolute Gasteiger partial charge is 0.152 e. The summed E-state index contributed by atoms with van der Waals surface area (Å²) in [5.41, 5.74) is 0.397. The van der Waals surface area contributed by atoms with Gasteiger partial charge in [0, 0.05) is 43.5 Å². The topological polar surface area (TPSA) is 40.6 Å². The quantitative estimate of drug-likeness (QED) is 0.791. The zero-order valence-electron chi connectivity index (χ0n) is 13.8. The number of hydrogen-bond donors (Lipinski definition) is 0. The lowest BCUT2D eigenvalue weighted by Gasteiger charge is -2.54. The molecule has 2 aliphatic heterocycles. The summed E-state index contributed by atoms with van der Waals surface area (Å²) in [4.78, 5) is 4.85. The second-order valence-electron chi connectivity index (χ2n) is 8.31. The number of rotatable bonds is 4. The number of nitrogens with zero attached hydrogens (tertiary/aromatic N) is 2. The van der Waals surface area contributed by atoms with Gasteiger partial charge >= 0.3 is 0 Å². The third-order valence-electron chi connectivity index (χ3n) is 5.00. The molecular weight excluding hydrogens is 272 g/mol. The minimum Gasteiger partial charge on any atom is -0.298 e. The zero-order chi connectivity index (χ0) is 15.3. The van der Waals surface area contributed by atoms with Gasteiger partial charge in [0.1, 0.15) is 0 Å². The van der Waals surface area contributed by atoms with Gasteiger partial charge in [-0.25, -0.2) is 8.42 Å². The highest BCUT2D eigenvalue weighted by atomic mass is 32.2. The van der Waals surface area contributed by atoms with E-state index in [9.17, 15) is 8.42 Å². The lowest BCUT2D eigenvalue weighted by molar-refractivity contribution is -0.0299. The van der Waals surface area contributed by atoms with Crippen molar-refractivity contribution in [1.29, 1.82) is 0 Å². The van der Waals surface area contributed by atoms with Crippen LogP contribution in [0.15, 0.2) is 0 Å². The molecule has 0 aliphatic carbocycles. The van der Waals surface area contributed by atoms with Crippen LogP contribution in [0.3, 0.4) is 0 Å². The molecule has 0 amide bonds. The van der Waals surface area contributed by atoms with Crippen LogP contribution in [0.25, 0.3) is 0 Å². The molecule has 0 saturated carbocycles. The first-order chi connectivity index (χ1) is 8.89. The predicted molar refractivity (Wildman–Crippen MR) is 83.7 cm³/mol. The fourth-order valence-electron chi connectivity index (χ4n) is 3.29. The number of hydrogen-bond acceptors (Lipinski definition) is 4. The van der Waals surface area contributed by atoms with Gasteiger partial charge in [0.25, 0.3) is 0 Å². The fraction of sp³-hybridized carbons (Fsp3) is 1.00. The molecule has 2 saturated heterocycles. The normalized spacial score (nSPS) is 24.5. The molecule has 20 heavy (non-hydrogen) atoms. The molecule has 0 unspecified atom stereocenters. The molecule has 4 nitrogen and oxygen atoms in total. The lowest BCUT2D eigenvalue weighted by Crippen LogP contribution is -2.64. The van der Waals surface area contributed by atoms with E-state index in [0.29, 0.717) is 13.1 Å². The van der Waals surface area contributed by atoms with Crippen LogP contribution < -0.4 is 0 Å². The summed E-state index contributed by atoms with van der Waals surface area (Å²) < 4.78 is 23.0.